The molecule has 2 aliphatic rings. The van der Waals surface area contributed by atoms with Gasteiger partial charge >= 0.3 is 6.03 Å². The lowest BCUT2D eigenvalue weighted by Crippen LogP contribution is -2.38. The van der Waals surface area contributed by atoms with Crippen LogP contribution in [-0.2, 0) is 6.54 Å². The molecule has 0 bridgehead atoms. The fourth-order valence-electron chi connectivity index (χ4n) is 4.12. The molecule has 1 fully saturated rings. The molecule has 3 amide bonds. The zero-order valence-electron chi connectivity index (χ0n) is 16.1. The Hall–Kier alpha value is -3.41. The second kappa shape index (κ2) is 7.20. The number of benzene rings is 2. The van der Waals surface area contributed by atoms with Crippen LogP contribution in [0.4, 0.5) is 16.2 Å². The van der Waals surface area contributed by atoms with Crippen LogP contribution in [0.2, 0.25) is 0 Å². The molecule has 0 atom stereocenters. The molecule has 3 heterocycles. The second-order valence-electron chi connectivity index (χ2n) is 7.62. The zero-order valence-corrected chi connectivity index (χ0v) is 16.1. The number of carbonyl (C=O) groups is 2. The standard InChI is InChI=1S/C23H22N4O2/c28-22-20-14-18(25-23(29)26-11-2-1-3-12-26)7-6-17(20)15-27(22)19-8-9-21-16(13-19)5-4-10-24-21/h4-10,13-14H,1-3,11-12,15H2,(H,25,29). The van der Waals surface area contributed by atoms with Gasteiger partial charge in [-0.2, -0.15) is 0 Å². The van der Waals surface area contributed by atoms with Crippen molar-refractivity contribution in [2.75, 3.05) is 23.3 Å². The normalized spacial score (nSPS) is 16.2. The first kappa shape index (κ1) is 17.7. The number of carbonyl (C=O) groups excluding carboxylic acids is 2. The summed E-state index contributed by atoms with van der Waals surface area (Å²) >= 11 is 0. The molecule has 0 spiro atoms. The molecule has 146 valence electrons. The van der Waals surface area contributed by atoms with E-state index in [4.69, 9.17) is 0 Å². The van der Waals surface area contributed by atoms with Gasteiger partial charge in [-0.25, -0.2) is 4.79 Å². The maximum absolute atomic E-state index is 13.1. The van der Waals surface area contributed by atoms with Crippen molar-refractivity contribution >= 4 is 34.2 Å². The first-order chi connectivity index (χ1) is 14.2. The van der Waals surface area contributed by atoms with Crippen LogP contribution in [0.3, 0.4) is 0 Å². The van der Waals surface area contributed by atoms with Crippen LogP contribution in [0.1, 0.15) is 35.2 Å². The number of hydrogen-bond donors (Lipinski definition) is 1. The molecule has 29 heavy (non-hydrogen) atoms. The molecule has 6 heteroatoms. The van der Waals surface area contributed by atoms with E-state index in [0.717, 1.165) is 48.1 Å². The van der Waals surface area contributed by atoms with Crippen molar-refractivity contribution in [3.8, 4) is 0 Å². The predicted molar refractivity (Wildman–Crippen MR) is 113 cm³/mol. The molecule has 0 saturated carbocycles. The highest BCUT2D eigenvalue weighted by Crippen LogP contribution is 2.31. The molecule has 1 aromatic heterocycles. The number of urea groups is 1. The lowest BCUT2D eigenvalue weighted by atomic mass is 10.1. The molecular weight excluding hydrogens is 364 g/mol. The SMILES string of the molecule is O=C(Nc1ccc2c(c1)C(=O)N(c1ccc3ncccc3c1)C2)N1CCCCC1. The Morgan fingerprint density at radius 3 is 2.72 bits per heavy atom. The van der Waals surface area contributed by atoms with E-state index in [0.29, 0.717) is 17.8 Å². The third kappa shape index (κ3) is 3.31. The van der Waals surface area contributed by atoms with Gasteiger partial charge in [0.25, 0.3) is 5.91 Å². The molecule has 1 N–H and O–H groups in total. The minimum absolute atomic E-state index is 0.0442. The van der Waals surface area contributed by atoms with Crippen LogP contribution in [0.5, 0.6) is 0 Å². The van der Waals surface area contributed by atoms with Gasteiger partial charge in [-0.3, -0.25) is 9.78 Å². The zero-order chi connectivity index (χ0) is 19.8. The van der Waals surface area contributed by atoms with Crippen molar-refractivity contribution < 1.29 is 9.59 Å². The highest BCUT2D eigenvalue weighted by atomic mass is 16.2. The number of hydrogen-bond acceptors (Lipinski definition) is 3. The Kier molecular flexibility index (Phi) is 4.39. The highest BCUT2D eigenvalue weighted by molar-refractivity contribution is 6.11. The third-order valence-corrected chi connectivity index (χ3v) is 5.71. The van der Waals surface area contributed by atoms with E-state index in [1.807, 2.05) is 47.4 Å². The van der Waals surface area contributed by atoms with Crippen LogP contribution in [0.15, 0.2) is 54.7 Å². The lowest BCUT2D eigenvalue weighted by molar-refractivity contribution is 0.0996. The summed E-state index contributed by atoms with van der Waals surface area (Å²) in [6, 6.07) is 15.3. The van der Waals surface area contributed by atoms with E-state index >= 15 is 0 Å². The van der Waals surface area contributed by atoms with Gasteiger partial charge < -0.3 is 15.1 Å². The van der Waals surface area contributed by atoms with E-state index in [2.05, 4.69) is 10.3 Å². The number of rotatable bonds is 2. The third-order valence-electron chi connectivity index (χ3n) is 5.71. The maximum Gasteiger partial charge on any atom is 0.321 e. The second-order valence-corrected chi connectivity index (χ2v) is 7.62. The number of piperidine rings is 1. The number of aromatic nitrogens is 1. The largest absolute Gasteiger partial charge is 0.325 e. The van der Waals surface area contributed by atoms with E-state index in [9.17, 15) is 9.59 Å². The summed E-state index contributed by atoms with van der Waals surface area (Å²) in [6.45, 7) is 2.11. The average molecular weight is 386 g/mol. The maximum atomic E-state index is 13.1. The first-order valence-electron chi connectivity index (χ1n) is 10.0. The molecule has 0 unspecified atom stereocenters. The summed E-state index contributed by atoms with van der Waals surface area (Å²) in [4.78, 5) is 33.5. The Morgan fingerprint density at radius 1 is 1.00 bits per heavy atom. The van der Waals surface area contributed by atoms with E-state index in [1.54, 1.807) is 17.2 Å². The minimum Gasteiger partial charge on any atom is -0.325 e. The van der Waals surface area contributed by atoms with Gasteiger partial charge in [0.05, 0.1) is 12.1 Å². The highest BCUT2D eigenvalue weighted by Gasteiger charge is 2.29. The summed E-state index contributed by atoms with van der Waals surface area (Å²) in [5.74, 6) is -0.0442. The smallest absolute Gasteiger partial charge is 0.321 e. The van der Waals surface area contributed by atoms with E-state index < -0.39 is 0 Å². The number of pyridine rings is 1. The number of likely N-dealkylation sites (tertiary alicyclic amines) is 1. The first-order valence-corrected chi connectivity index (χ1v) is 10.0. The van der Waals surface area contributed by atoms with Crippen LogP contribution >= 0.6 is 0 Å². The van der Waals surface area contributed by atoms with Crippen LogP contribution in [0.25, 0.3) is 10.9 Å². The van der Waals surface area contributed by atoms with Gasteiger partial charge in [0, 0.05) is 41.6 Å². The van der Waals surface area contributed by atoms with Crippen molar-refractivity contribution in [2.45, 2.75) is 25.8 Å². The summed E-state index contributed by atoms with van der Waals surface area (Å²) in [6.07, 6.45) is 5.04. The van der Waals surface area contributed by atoms with Crippen LogP contribution < -0.4 is 10.2 Å². The van der Waals surface area contributed by atoms with Crippen LogP contribution in [-0.4, -0.2) is 34.9 Å². The molecule has 1 saturated heterocycles. The molecule has 3 aromatic rings. The Labute approximate surface area is 169 Å². The summed E-state index contributed by atoms with van der Waals surface area (Å²) < 4.78 is 0. The molecule has 6 nitrogen and oxygen atoms in total. The van der Waals surface area contributed by atoms with Crippen molar-refractivity contribution in [3.63, 3.8) is 0 Å². The Bertz CT molecular complexity index is 1100. The average Bonchev–Trinajstić information content (AvgIpc) is 3.10. The molecule has 0 aliphatic carbocycles. The molecule has 5 rings (SSSR count). The van der Waals surface area contributed by atoms with Crippen molar-refractivity contribution in [3.05, 3.63) is 65.9 Å². The van der Waals surface area contributed by atoms with Gasteiger partial charge in [-0.1, -0.05) is 12.1 Å². The molecule has 2 aliphatic heterocycles. The van der Waals surface area contributed by atoms with Gasteiger partial charge in [0.1, 0.15) is 0 Å². The Balaban J connectivity index is 1.37. The number of amides is 3. The molecule has 0 radical (unpaired) electrons. The van der Waals surface area contributed by atoms with Crippen LogP contribution in [0, 0.1) is 0 Å². The quantitative estimate of drug-likeness (QED) is 0.709. The van der Waals surface area contributed by atoms with Gasteiger partial charge in [-0.05, 0) is 61.2 Å². The van der Waals surface area contributed by atoms with E-state index in [1.165, 1.54) is 6.42 Å². The van der Waals surface area contributed by atoms with Gasteiger partial charge in [-0.15, -0.1) is 0 Å². The van der Waals surface area contributed by atoms with E-state index in [-0.39, 0.29) is 11.9 Å². The molecular formula is C23H22N4O2. The summed E-state index contributed by atoms with van der Waals surface area (Å²) in [7, 11) is 0. The number of nitrogens with zero attached hydrogens (tertiary/aromatic N) is 3. The van der Waals surface area contributed by atoms with Crippen molar-refractivity contribution in [2.24, 2.45) is 0 Å². The predicted octanol–water partition coefficient (Wildman–Crippen LogP) is 4.41. The number of fused-ring (bicyclic) bond motifs is 2. The van der Waals surface area contributed by atoms with Crippen molar-refractivity contribution in [1.82, 2.24) is 9.88 Å². The minimum atomic E-state index is -0.0889. The fraction of sp³-hybridized carbons (Fsp3) is 0.261. The summed E-state index contributed by atoms with van der Waals surface area (Å²) in [5, 5.41) is 3.95. The van der Waals surface area contributed by atoms with Gasteiger partial charge in [0.15, 0.2) is 0 Å². The summed E-state index contributed by atoms with van der Waals surface area (Å²) in [5.41, 5.74) is 4.04. The fourth-order valence-corrected chi connectivity index (χ4v) is 4.12. The van der Waals surface area contributed by atoms with Gasteiger partial charge in [0.2, 0.25) is 0 Å². The number of anilines is 2. The Morgan fingerprint density at radius 2 is 1.86 bits per heavy atom. The number of nitrogens with one attached hydrogen (secondary N) is 1. The monoisotopic (exact) mass is 386 g/mol. The molecule has 2 aromatic carbocycles. The lowest BCUT2D eigenvalue weighted by Gasteiger charge is -2.26. The van der Waals surface area contributed by atoms with Crippen molar-refractivity contribution in [1.29, 1.82) is 0 Å². The topological polar surface area (TPSA) is 65.5 Å².